The molecule has 1 fully saturated rings. The molecule has 0 amide bonds. The van der Waals surface area contributed by atoms with E-state index in [-0.39, 0.29) is 6.10 Å². The molecule has 1 unspecified atom stereocenters. The molecule has 0 aliphatic heterocycles. The highest BCUT2D eigenvalue weighted by atomic mass is 16.5. The fourth-order valence-corrected chi connectivity index (χ4v) is 2.43. The summed E-state index contributed by atoms with van der Waals surface area (Å²) in [5.41, 5.74) is -0.512. The molecule has 0 heterocycles. The quantitative estimate of drug-likeness (QED) is 0.664. The predicted molar refractivity (Wildman–Crippen MR) is 68.2 cm³/mol. The Balaban J connectivity index is 2.23. The molecule has 2 N–H and O–H groups in total. The van der Waals surface area contributed by atoms with Crippen molar-refractivity contribution in [1.29, 1.82) is 0 Å². The van der Waals surface area contributed by atoms with Crippen LogP contribution in [0.3, 0.4) is 0 Å². The summed E-state index contributed by atoms with van der Waals surface area (Å²) in [6.45, 7) is 1.98. The Hall–Kier alpha value is -0.160. The van der Waals surface area contributed by atoms with Crippen LogP contribution in [0.25, 0.3) is 0 Å². The van der Waals surface area contributed by atoms with Gasteiger partial charge in [0.25, 0.3) is 0 Å². The third-order valence-corrected chi connectivity index (χ3v) is 3.55. The van der Waals surface area contributed by atoms with Gasteiger partial charge >= 0.3 is 0 Å². The molecule has 1 rings (SSSR count). The van der Waals surface area contributed by atoms with Gasteiger partial charge < -0.3 is 19.9 Å². The third kappa shape index (κ3) is 5.82. The van der Waals surface area contributed by atoms with Crippen molar-refractivity contribution in [2.45, 2.75) is 50.2 Å². The monoisotopic (exact) mass is 245 g/mol. The average molecular weight is 245 g/mol. The SMILES string of the molecule is COCC(CNCC1(O)CCCCCC1)OC. The maximum atomic E-state index is 10.4. The molecule has 1 aliphatic carbocycles. The van der Waals surface area contributed by atoms with E-state index in [9.17, 15) is 5.11 Å². The molecule has 1 atom stereocenters. The Labute approximate surface area is 105 Å². The molecular formula is C13H27NO3. The number of hydrogen-bond acceptors (Lipinski definition) is 4. The second-order valence-electron chi connectivity index (χ2n) is 5.08. The van der Waals surface area contributed by atoms with Crippen molar-refractivity contribution in [3.05, 3.63) is 0 Å². The molecular weight excluding hydrogens is 218 g/mol. The molecule has 0 bridgehead atoms. The van der Waals surface area contributed by atoms with E-state index in [1.807, 2.05) is 0 Å². The minimum Gasteiger partial charge on any atom is -0.389 e. The lowest BCUT2D eigenvalue weighted by atomic mass is 9.94. The van der Waals surface area contributed by atoms with Gasteiger partial charge in [-0.05, 0) is 12.8 Å². The van der Waals surface area contributed by atoms with Gasteiger partial charge in [-0.1, -0.05) is 25.7 Å². The van der Waals surface area contributed by atoms with E-state index < -0.39 is 5.60 Å². The summed E-state index contributed by atoms with van der Waals surface area (Å²) in [6.07, 6.45) is 6.70. The zero-order chi connectivity index (χ0) is 12.6. The summed E-state index contributed by atoms with van der Waals surface area (Å²) in [7, 11) is 3.36. The number of ether oxygens (including phenoxy) is 2. The second kappa shape index (κ2) is 8.03. The molecule has 102 valence electrons. The van der Waals surface area contributed by atoms with Crippen molar-refractivity contribution in [3.8, 4) is 0 Å². The van der Waals surface area contributed by atoms with Crippen LogP contribution in [-0.4, -0.2) is 50.7 Å². The van der Waals surface area contributed by atoms with Gasteiger partial charge in [0.05, 0.1) is 18.3 Å². The molecule has 17 heavy (non-hydrogen) atoms. The first-order valence-electron chi connectivity index (χ1n) is 6.65. The highest BCUT2D eigenvalue weighted by Crippen LogP contribution is 2.26. The van der Waals surface area contributed by atoms with E-state index in [1.54, 1.807) is 14.2 Å². The summed E-state index contributed by atoms with van der Waals surface area (Å²) in [5, 5.41) is 13.7. The normalized spacial score (nSPS) is 22.1. The fourth-order valence-electron chi connectivity index (χ4n) is 2.43. The summed E-state index contributed by atoms with van der Waals surface area (Å²) in [6, 6.07) is 0. The summed E-state index contributed by atoms with van der Waals surface area (Å²) < 4.78 is 10.3. The molecule has 0 spiro atoms. The molecule has 1 aliphatic rings. The highest BCUT2D eigenvalue weighted by molar-refractivity contribution is 4.83. The van der Waals surface area contributed by atoms with Crippen LogP contribution >= 0.6 is 0 Å². The first-order chi connectivity index (χ1) is 8.20. The predicted octanol–water partition coefficient (Wildman–Crippen LogP) is 1.32. The van der Waals surface area contributed by atoms with Gasteiger partial charge in [0, 0.05) is 27.3 Å². The van der Waals surface area contributed by atoms with Gasteiger partial charge in [-0.3, -0.25) is 0 Å². The molecule has 0 saturated heterocycles. The lowest BCUT2D eigenvalue weighted by Gasteiger charge is -2.28. The largest absolute Gasteiger partial charge is 0.389 e. The Morgan fingerprint density at radius 2 is 1.82 bits per heavy atom. The summed E-state index contributed by atoms with van der Waals surface area (Å²) in [5.74, 6) is 0. The van der Waals surface area contributed by atoms with E-state index in [4.69, 9.17) is 9.47 Å². The summed E-state index contributed by atoms with van der Waals surface area (Å²) in [4.78, 5) is 0. The lowest BCUT2D eigenvalue weighted by molar-refractivity contribution is 0.00743. The maximum Gasteiger partial charge on any atom is 0.0928 e. The van der Waals surface area contributed by atoms with E-state index in [2.05, 4.69) is 5.32 Å². The Bertz CT molecular complexity index is 191. The Morgan fingerprint density at radius 3 is 2.35 bits per heavy atom. The molecule has 0 radical (unpaired) electrons. The van der Waals surface area contributed by atoms with Gasteiger partial charge in [-0.25, -0.2) is 0 Å². The minimum atomic E-state index is -0.512. The van der Waals surface area contributed by atoms with Crippen molar-refractivity contribution < 1.29 is 14.6 Å². The van der Waals surface area contributed by atoms with Crippen molar-refractivity contribution in [2.75, 3.05) is 33.9 Å². The summed E-state index contributed by atoms with van der Waals surface area (Å²) >= 11 is 0. The maximum absolute atomic E-state index is 10.4. The van der Waals surface area contributed by atoms with Crippen LogP contribution in [0.4, 0.5) is 0 Å². The first-order valence-corrected chi connectivity index (χ1v) is 6.65. The van der Waals surface area contributed by atoms with Gasteiger partial charge in [-0.15, -0.1) is 0 Å². The zero-order valence-corrected chi connectivity index (χ0v) is 11.2. The van der Waals surface area contributed by atoms with Crippen LogP contribution in [-0.2, 0) is 9.47 Å². The van der Waals surface area contributed by atoms with Crippen LogP contribution in [0.1, 0.15) is 38.5 Å². The first kappa shape index (κ1) is 14.9. The minimum absolute atomic E-state index is 0.0642. The number of aliphatic hydroxyl groups is 1. The smallest absolute Gasteiger partial charge is 0.0928 e. The lowest BCUT2D eigenvalue weighted by Crippen LogP contribution is -2.43. The number of rotatable bonds is 7. The average Bonchev–Trinajstić information content (AvgIpc) is 2.53. The third-order valence-electron chi connectivity index (χ3n) is 3.55. The van der Waals surface area contributed by atoms with Crippen molar-refractivity contribution in [1.82, 2.24) is 5.32 Å². The Morgan fingerprint density at radius 1 is 1.18 bits per heavy atom. The van der Waals surface area contributed by atoms with E-state index in [0.29, 0.717) is 13.2 Å². The number of nitrogens with one attached hydrogen (secondary N) is 1. The molecule has 4 nitrogen and oxygen atoms in total. The molecule has 0 aromatic rings. The van der Waals surface area contributed by atoms with Crippen LogP contribution in [0.2, 0.25) is 0 Å². The van der Waals surface area contributed by atoms with Crippen molar-refractivity contribution >= 4 is 0 Å². The van der Waals surface area contributed by atoms with Gasteiger partial charge in [-0.2, -0.15) is 0 Å². The van der Waals surface area contributed by atoms with Crippen LogP contribution < -0.4 is 5.32 Å². The van der Waals surface area contributed by atoms with E-state index in [0.717, 1.165) is 32.2 Å². The number of hydrogen-bond donors (Lipinski definition) is 2. The molecule has 0 aromatic carbocycles. The van der Waals surface area contributed by atoms with Crippen LogP contribution in [0.5, 0.6) is 0 Å². The van der Waals surface area contributed by atoms with E-state index in [1.165, 1.54) is 12.8 Å². The topological polar surface area (TPSA) is 50.7 Å². The fraction of sp³-hybridized carbons (Fsp3) is 1.00. The van der Waals surface area contributed by atoms with Gasteiger partial charge in [0.1, 0.15) is 0 Å². The number of methoxy groups -OCH3 is 2. The zero-order valence-electron chi connectivity index (χ0n) is 11.2. The Kier molecular flexibility index (Phi) is 7.04. The highest BCUT2D eigenvalue weighted by Gasteiger charge is 2.27. The van der Waals surface area contributed by atoms with Crippen LogP contribution in [0, 0.1) is 0 Å². The van der Waals surface area contributed by atoms with Gasteiger partial charge in [0.2, 0.25) is 0 Å². The molecule has 4 heteroatoms. The van der Waals surface area contributed by atoms with E-state index >= 15 is 0 Å². The molecule has 1 saturated carbocycles. The van der Waals surface area contributed by atoms with Crippen LogP contribution in [0.15, 0.2) is 0 Å². The van der Waals surface area contributed by atoms with Gasteiger partial charge in [0.15, 0.2) is 0 Å². The molecule has 0 aromatic heterocycles. The standard InChI is InChI=1S/C13H27NO3/c1-16-10-12(17-2)9-14-11-13(15)7-5-3-4-6-8-13/h12,14-15H,3-11H2,1-2H3. The van der Waals surface area contributed by atoms with Crippen molar-refractivity contribution in [2.24, 2.45) is 0 Å². The second-order valence-corrected chi connectivity index (χ2v) is 5.08. The van der Waals surface area contributed by atoms with Crippen molar-refractivity contribution in [3.63, 3.8) is 0 Å².